The van der Waals surface area contributed by atoms with Crippen LogP contribution in [0.1, 0.15) is 58.8 Å². The zero-order chi connectivity index (χ0) is 15.5. The van der Waals surface area contributed by atoms with E-state index in [2.05, 4.69) is 43.2 Å². The predicted octanol–water partition coefficient (Wildman–Crippen LogP) is 3.12. The van der Waals surface area contributed by atoms with Crippen molar-refractivity contribution in [3.63, 3.8) is 0 Å². The highest BCUT2D eigenvalue weighted by Crippen LogP contribution is 2.21. The second-order valence-corrected chi connectivity index (χ2v) is 6.63. The number of nitrogens with one attached hydrogen (secondary N) is 1. The van der Waals surface area contributed by atoms with Gasteiger partial charge in [0.1, 0.15) is 0 Å². The number of hydrogen-bond donors (Lipinski definition) is 1. The van der Waals surface area contributed by atoms with Gasteiger partial charge >= 0.3 is 0 Å². The highest BCUT2D eigenvalue weighted by molar-refractivity contribution is 5.77. The number of nitrogens with zero attached hydrogens (tertiary/aromatic N) is 3. The number of pyridine rings is 1. The summed E-state index contributed by atoms with van der Waals surface area (Å²) in [5, 5.41) is 11.5. The molecule has 2 heterocycles. The molecule has 114 valence electrons. The molecule has 0 saturated carbocycles. The molecule has 2 aromatic heterocycles. The summed E-state index contributed by atoms with van der Waals surface area (Å²) in [6.45, 7) is 8.29. The molecule has 0 aliphatic rings. The quantitative estimate of drug-likeness (QED) is 0.919. The number of aromatic nitrogens is 3. The van der Waals surface area contributed by atoms with E-state index in [0.717, 1.165) is 24.3 Å². The molecule has 21 heavy (non-hydrogen) atoms. The Hall–Kier alpha value is -1.91. The van der Waals surface area contributed by atoms with Gasteiger partial charge in [-0.2, -0.15) is 0 Å². The van der Waals surface area contributed by atoms with Gasteiger partial charge in [0.05, 0.1) is 6.04 Å². The monoisotopic (exact) mass is 288 g/mol. The zero-order valence-corrected chi connectivity index (χ0v) is 13.3. The van der Waals surface area contributed by atoms with Crippen molar-refractivity contribution in [3.05, 3.63) is 30.2 Å². The summed E-state index contributed by atoms with van der Waals surface area (Å²) in [5.74, 6) is 0.864. The summed E-state index contributed by atoms with van der Waals surface area (Å²) in [7, 11) is 0. The zero-order valence-electron chi connectivity index (χ0n) is 13.3. The molecule has 1 amide bonds. The van der Waals surface area contributed by atoms with Crippen LogP contribution in [0, 0.1) is 5.41 Å². The van der Waals surface area contributed by atoms with E-state index in [-0.39, 0.29) is 17.4 Å². The Kier molecular flexibility index (Phi) is 4.60. The average molecular weight is 288 g/mol. The molecule has 0 fully saturated rings. The molecular formula is C16H24N4O. The van der Waals surface area contributed by atoms with Gasteiger partial charge < -0.3 is 5.32 Å². The minimum Gasteiger partial charge on any atom is -0.346 e. The Bertz CT molecular complexity index is 612. The maximum atomic E-state index is 12.2. The van der Waals surface area contributed by atoms with Crippen molar-refractivity contribution < 1.29 is 4.79 Å². The molecule has 0 spiro atoms. The Morgan fingerprint density at radius 1 is 1.33 bits per heavy atom. The second kappa shape index (κ2) is 6.24. The fraction of sp³-hybridized carbons (Fsp3) is 0.562. The van der Waals surface area contributed by atoms with Crippen LogP contribution in [0.5, 0.6) is 0 Å². The van der Waals surface area contributed by atoms with E-state index in [9.17, 15) is 4.79 Å². The lowest BCUT2D eigenvalue weighted by Gasteiger charge is -2.21. The fourth-order valence-corrected chi connectivity index (χ4v) is 2.38. The first kappa shape index (κ1) is 15.5. The fourth-order valence-electron chi connectivity index (χ4n) is 2.38. The van der Waals surface area contributed by atoms with E-state index in [0.29, 0.717) is 6.42 Å². The van der Waals surface area contributed by atoms with Crippen molar-refractivity contribution in [3.8, 4) is 0 Å². The number of fused-ring (bicyclic) bond motifs is 1. The third-order valence-corrected chi connectivity index (χ3v) is 3.26. The van der Waals surface area contributed by atoms with Crippen molar-refractivity contribution >= 4 is 11.6 Å². The minimum atomic E-state index is -0.0951. The van der Waals surface area contributed by atoms with Gasteiger partial charge in [0.2, 0.25) is 5.91 Å². The molecule has 0 saturated heterocycles. The standard InChI is InChI=1S/C16H24N4O/c1-5-8-12(17-14(21)11-16(2,3)4)15-19-18-13-9-6-7-10-20(13)15/h6-7,9-10,12H,5,8,11H2,1-4H3,(H,17,21)/t12-/m0/s1. The first-order valence-corrected chi connectivity index (χ1v) is 7.50. The minimum absolute atomic E-state index is 0.0201. The predicted molar refractivity (Wildman–Crippen MR) is 82.9 cm³/mol. The molecule has 0 aliphatic carbocycles. The van der Waals surface area contributed by atoms with Crippen LogP contribution in [0.2, 0.25) is 0 Å². The lowest BCUT2D eigenvalue weighted by molar-refractivity contribution is -0.123. The van der Waals surface area contributed by atoms with Crippen LogP contribution in [-0.4, -0.2) is 20.5 Å². The van der Waals surface area contributed by atoms with E-state index in [1.54, 1.807) is 0 Å². The lowest BCUT2D eigenvalue weighted by Crippen LogP contribution is -2.32. The Morgan fingerprint density at radius 2 is 2.10 bits per heavy atom. The van der Waals surface area contributed by atoms with E-state index in [4.69, 9.17) is 0 Å². The van der Waals surface area contributed by atoms with Gasteiger partial charge in [-0.1, -0.05) is 40.2 Å². The highest BCUT2D eigenvalue weighted by Gasteiger charge is 2.22. The van der Waals surface area contributed by atoms with Gasteiger partial charge in [0, 0.05) is 12.6 Å². The molecule has 0 aliphatic heterocycles. The Balaban J connectivity index is 2.21. The normalized spacial score (nSPS) is 13.3. The molecule has 0 radical (unpaired) electrons. The topological polar surface area (TPSA) is 59.3 Å². The van der Waals surface area contributed by atoms with Crippen molar-refractivity contribution in [2.24, 2.45) is 5.41 Å². The van der Waals surface area contributed by atoms with Gasteiger partial charge in [-0.25, -0.2) is 0 Å². The van der Waals surface area contributed by atoms with Crippen LogP contribution in [-0.2, 0) is 4.79 Å². The summed E-state index contributed by atoms with van der Waals surface area (Å²) in [6.07, 6.45) is 4.26. The van der Waals surface area contributed by atoms with Crippen LogP contribution >= 0.6 is 0 Å². The van der Waals surface area contributed by atoms with Crippen molar-refractivity contribution in [1.82, 2.24) is 19.9 Å². The van der Waals surface area contributed by atoms with Crippen molar-refractivity contribution in [2.75, 3.05) is 0 Å². The van der Waals surface area contributed by atoms with E-state index < -0.39 is 0 Å². The molecule has 0 aromatic carbocycles. The van der Waals surface area contributed by atoms with Crippen LogP contribution in [0.4, 0.5) is 0 Å². The molecule has 2 rings (SSSR count). The van der Waals surface area contributed by atoms with Gasteiger partial charge in [-0.05, 0) is 24.0 Å². The Morgan fingerprint density at radius 3 is 2.76 bits per heavy atom. The summed E-state index contributed by atoms with van der Waals surface area (Å²) in [5.41, 5.74) is 0.784. The maximum Gasteiger partial charge on any atom is 0.221 e. The third kappa shape index (κ3) is 4.03. The molecule has 1 N–H and O–H groups in total. The number of rotatable bonds is 5. The van der Waals surface area contributed by atoms with Crippen molar-refractivity contribution in [1.29, 1.82) is 0 Å². The molecule has 0 bridgehead atoms. The SMILES string of the molecule is CCC[C@H](NC(=O)CC(C)(C)C)c1nnc2ccccn12. The lowest BCUT2D eigenvalue weighted by atomic mass is 9.92. The van der Waals surface area contributed by atoms with Crippen LogP contribution < -0.4 is 5.32 Å². The molecule has 0 unspecified atom stereocenters. The van der Waals surface area contributed by atoms with Crippen LogP contribution in [0.15, 0.2) is 24.4 Å². The molecule has 1 atom stereocenters. The summed E-state index contributed by atoms with van der Waals surface area (Å²) in [4.78, 5) is 12.2. The third-order valence-electron chi connectivity index (χ3n) is 3.26. The van der Waals surface area contributed by atoms with E-state index in [1.165, 1.54) is 0 Å². The number of carbonyl (C=O) groups is 1. The molecule has 5 heteroatoms. The summed E-state index contributed by atoms with van der Waals surface area (Å²) in [6, 6.07) is 5.69. The average Bonchev–Trinajstić information content (AvgIpc) is 2.79. The largest absolute Gasteiger partial charge is 0.346 e. The van der Waals surface area contributed by atoms with Gasteiger partial charge in [0.15, 0.2) is 11.5 Å². The molecule has 5 nitrogen and oxygen atoms in total. The Labute approximate surface area is 125 Å². The first-order chi connectivity index (χ1) is 9.90. The summed E-state index contributed by atoms with van der Waals surface area (Å²) < 4.78 is 1.94. The number of amides is 1. The maximum absolute atomic E-state index is 12.2. The van der Waals surface area contributed by atoms with Gasteiger partial charge in [0.25, 0.3) is 0 Å². The van der Waals surface area contributed by atoms with Crippen LogP contribution in [0.3, 0.4) is 0 Å². The smallest absolute Gasteiger partial charge is 0.221 e. The molecular weight excluding hydrogens is 264 g/mol. The van der Waals surface area contributed by atoms with Gasteiger partial charge in [-0.15, -0.1) is 10.2 Å². The van der Waals surface area contributed by atoms with Crippen molar-refractivity contribution in [2.45, 2.75) is 53.0 Å². The summed E-state index contributed by atoms with van der Waals surface area (Å²) >= 11 is 0. The van der Waals surface area contributed by atoms with E-state index >= 15 is 0 Å². The highest BCUT2D eigenvalue weighted by atomic mass is 16.1. The van der Waals surface area contributed by atoms with E-state index in [1.807, 2.05) is 28.8 Å². The van der Waals surface area contributed by atoms with Crippen LogP contribution in [0.25, 0.3) is 5.65 Å². The second-order valence-electron chi connectivity index (χ2n) is 6.63. The van der Waals surface area contributed by atoms with Gasteiger partial charge in [-0.3, -0.25) is 9.20 Å². The first-order valence-electron chi connectivity index (χ1n) is 7.50. The molecule has 2 aromatic rings. The number of hydrogen-bond acceptors (Lipinski definition) is 3. The number of carbonyl (C=O) groups excluding carboxylic acids is 1.